The minimum Gasteiger partial charge on any atom is -0.482 e. The van der Waals surface area contributed by atoms with Crippen molar-refractivity contribution in [1.82, 2.24) is 15.5 Å². The van der Waals surface area contributed by atoms with E-state index < -0.39 is 0 Å². The smallest absolute Gasteiger partial charge is 0.258 e. The first-order valence-corrected chi connectivity index (χ1v) is 7.28. The maximum Gasteiger partial charge on any atom is 0.258 e. The van der Waals surface area contributed by atoms with Gasteiger partial charge in [0.25, 0.3) is 5.91 Å². The highest BCUT2D eigenvalue weighted by molar-refractivity contribution is 6.32. The second kappa shape index (κ2) is 6.18. The topological polar surface area (TPSA) is 67.0 Å². The molecular weight excluding hydrogens is 290 g/mol. The first kappa shape index (κ1) is 13.9. The lowest BCUT2D eigenvalue weighted by molar-refractivity contribution is -0.123. The van der Waals surface area contributed by atoms with Gasteiger partial charge in [-0.25, -0.2) is 0 Å². The first-order chi connectivity index (χ1) is 10.2. The lowest BCUT2D eigenvalue weighted by atomic mass is 9.94. The molecule has 21 heavy (non-hydrogen) atoms. The molecule has 1 aliphatic carbocycles. The number of aromatic nitrogens is 2. The van der Waals surface area contributed by atoms with Crippen LogP contribution in [0.1, 0.15) is 17.7 Å². The van der Waals surface area contributed by atoms with Crippen molar-refractivity contribution in [2.24, 2.45) is 0 Å². The third-order valence-electron chi connectivity index (χ3n) is 3.58. The molecule has 5 nitrogen and oxygen atoms in total. The molecule has 2 N–H and O–H groups in total. The van der Waals surface area contributed by atoms with E-state index in [-0.39, 0.29) is 18.6 Å². The Morgan fingerprint density at radius 3 is 3.19 bits per heavy atom. The maximum absolute atomic E-state index is 11.9. The van der Waals surface area contributed by atoms with E-state index in [9.17, 15) is 4.79 Å². The summed E-state index contributed by atoms with van der Waals surface area (Å²) in [4.78, 5) is 11.9. The number of benzene rings is 1. The number of carbonyl (C=O) groups excluding carboxylic acids is 1. The fourth-order valence-corrected chi connectivity index (χ4v) is 2.70. The van der Waals surface area contributed by atoms with Gasteiger partial charge in [0.15, 0.2) is 6.61 Å². The van der Waals surface area contributed by atoms with Gasteiger partial charge in [-0.15, -0.1) is 0 Å². The number of fused-ring (bicyclic) bond motifs is 1. The van der Waals surface area contributed by atoms with Gasteiger partial charge < -0.3 is 10.1 Å². The number of nitrogens with one attached hydrogen (secondary N) is 2. The number of aryl methyl sites for hydroxylation is 1. The molecule has 0 fully saturated rings. The molecule has 6 heteroatoms. The molecule has 1 unspecified atom stereocenters. The van der Waals surface area contributed by atoms with Crippen molar-refractivity contribution in [1.29, 1.82) is 0 Å². The summed E-state index contributed by atoms with van der Waals surface area (Å²) in [6.45, 7) is -0.0317. The highest BCUT2D eigenvalue weighted by Crippen LogP contribution is 2.23. The van der Waals surface area contributed by atoms with Gasteiger partial charge >= 0.3 is 0 Å². The molecule has 0 saturated heterocycles. The number of halogens is 1. The highest BCUT2D eigenvalue weighted by Gasteiger charge is 2.21. The van der Waals surface area contributed by atoms with Crippen LogP contribution in [0.3, 0.4) is 0 Å². The number of hydrogen-bond acceptors (Lipinski definition) is 3. The van der Waals surface area contributed by atoms with Gasteiger partial charge in [-0.05, 0) is 30.5 Å². The fraction of sp³-hybridized carbons (Fsp3) is 0.333. The maximum atomic E-state index is 11.9. The monoisotopic (exact) mass is 305 g/mol. The van der Waals surface area contributed by atoms with E-state index in [1.54, 1.807) is 12.1 Å². The van der Waals surface area contributed by atoms with Crippen LogP contribution in [0.2, 0.25) is 5.02 Å². The van der Waals surface area contributed by atoms with Crippen LogP contribution in [0.5, 0.6) is 5.75 Å². The second-order valence-electron chi connectivity index (χ2n) is 5.10. The Balaban J connectivity index is 1.50. The highest BCUT2D eigenvalue weighted by atomic mass is 35.5. The average Bonchev–Trinajstić information content (AvgIpc) is 2.94. The van der Waals surface area contributed by atoms with Crippen molar-refractivity contribution in [2.75, 3.05) is 6.61 Å². The molecule has 1 aliphatic rings. The molecular formula is C15H16ClN3O2. The third kappa shape index (κ3) is 3.36. The second-order valence-corrected chi connectivity index (χ2v) is 5.51. The molecule has 0 aliphatic heterocycles. The van der Waals surface area contributed by atoms with Crippen LogP contribution in [0.25, 0.3) is 0 Å². The SMILES string of the molecule is O=C(COc1ccccc1Cl)NC1CCc2cn[nH]c2C1. The van der Waals surface area contributed by atoms with Crippen LogP contribution in [-0.2, 0) is 17.6 Å². The van der Waals surface area contributed by atoms with E-state index in [0.29, 0.717) is 10.8 Å². The predicted molar refractivity (Wildman–Crippen MR) is 79.5 cm³/mol. The number of amides is 1. The fourth-order valence-electron chi connectivity index (χ4n) is 2.51. The minimum absolute atomic E-state index is 0.0317. The van der Waals surface area contributed by atoms with E-state index in [4.69, 9.17) is 16.3 Å². The number of carbonyl (C=O) groups is 1. The lowest BCUT2D eigenvalue weighted by Crippen LogP contribution is -2.41. The van der Waals surface area contributed by atoms with Gasteiger partial charge in [0.1, 0.15) is 5.75 Å². The van der Waals surface area contributed by atoms with Crippen LogP contribution >= 0.6 is 11.6 Å². The minimum atomic E-state index is -0.136. The molecule has 3 rings (SSSR count). The molecule has 1 amide bonds. The molecule has 2 aromatic rings. The normalized spacial score (nSPS) is 17.1. The number of para-hydroxylation sites is 1. The van der Waals surface area contributed by atoms with E-state index in [0.717, 1.165) is 25.0 Å². The number of hydrogen-bond donors (Lipinski definition) is 2. The summed E-state index contributed by atoms with van der Waals surface area (Å²) in [6.07, 6.45) is 4.49. The molecule has 0 saturated carbocycles. The molecule has 1 aromatic carbocycles. The van der Waals surface area contributed by atoms with E-state index >= 15 is 0 Å². The van der Waals surface area contributed by atoms with Gasteiger partial charge in [-0.2, -0.15) is 5.10 Å². The van der Waals surface area contributed by atoms with Crippen LogP contribution in [0.15, 0.2) is 30.5 Å². The van der Waals surface area contributed by atoms with Crippen LogP contribution in [-0.4, -0.2) is 28.8 Å². The van der Waals surface area contributed by atoms with Crippen LogP contribution < -0.4 is 10.1 Å². The summed E-state index contributed by atoms with van der Waals surface area (Å²) in [6, 6.07) is 7.24. The average molecular weight is 306 g/mol. The summed E-state index contributed by atoms with van der Waals surface area (Å²) < 4.78 is 5.43. The number of aromatic amines is 1. The van der Waals surface area contributed by atoms with E-state index in [2.05, 4.69) is 15.5 Å². The Bertz CT molecular complexity index is 641. The molecule has 1 aromatic heterocycles. The van der Waals surface area contributed by atoms with E-state index in [1.807, 2.05) is 18.3 Å². The van der Waals surface area contributed by atoms with Gasteiger partial charge in [-0.1, -0.05) is 23.7 Å². The predicted octanol–water partition coefficient (Wildman–Crippen LogP) is 2.12. The summed E-state index contributed by atoms with van der Waals surface area (Å²) >= 11 is 5.98. The Morgan fingerprint density at radius 2 is 2.33 bits per heavy atom. The third-order valence-corrected chi connectivity index (χ3v) is 3.89. The number of nitrogens with zero attached hydrogens (tertiary/aromatic N) is 1. The van der Waals surface area contributed by atoms with Crippen LogP contribution in [0.4, 0.5) is 0 Å². The van der Waals surface area contributed by atoms with Crippen molar-refractivity contribution < 1.29 is 9.53 Å². The molecule has 110 valence electrons. The Morgan fingerprint density at radius 1 is 1.48 bits per heavy atom. The van der Waals surface area contributed by atoms with E-state index in [1.165, 1.54) is 5.56 Å². The Kier molecular flexibility index (Phi) is 4.10. The molecule has 0 bridgehead atoms. The zero-order chi connectivity index (χ0) is 14.7. The zero-order valence-electron chi connectivity index (χ0n) is 11.4. The summed E-state index contributed by atoms with van der Waals surface area (Å²) in [7, 11) is 0. The van der Waals surface area contributed by atoms with Crippen molar-refractivity contribution in [2.45, 2.75) is 25.3 Å². The summed E-state index contributed by atoms with van der Waals surface area (Å²) in [5.74, 6) is 0.386. The van der Waals surface area contributed by atoms with Crippen molar-refractivity contribution in [3.05, 3.63) is 46.7 Å². The Hall–Kier alpha value is -2.01. The number of rotatable bonds is 4. The van der Waals surface area contributed by atoms with Crippen molar-refractivity contribution in [3.63, 3.8) is 0 Å². The standard InChI is InChI=1S/C15H16ClN3O2/c16-12-3-1-2-4-14(12)21-9-15(20)18-11-6-5-10-8-17-19-13(10)7-11/h1-4,8,11H,5-7,9H2,(H,17,19)(H,18,20). The molecule has 1 heterocycles. The lowest BCUT2D eigenvalue weighted by Gasteiger charge is -2.22. The van der Waals surface area contributed by atoms with Crippen molar-refractivity contribution >= 4 is 17.5 Å². The summed E-state index contributed by atoms with van der Waals surface area (Å²) in [5, 5.41) is 10.5. The van der Waals surface area contributed by atoms with Crippen LogP contribution in [0, 0.1) is 0 Å². The van der Waals surface area contributed by atoms with Gasteiger partial charge in [-0.3, -0.25) is 9.89 Å². The van der Waals surface area contributed by atoms with Gasteiger partial charge in [0.2, 0.25) is 0 Å². The molecule has 1 atom stereocenters. The Labute approximate surface area is 127 Å². The molecule has 0 radical (unpaired) electrons. The number of H-pyrrole nitrogens is 1. The largest absolute Gasteiger partial charge is 0.482 e. The van der Waals surface area contributed by atoms with Gasteiger partial charge in [0.05, 0.1) is 11.2 Å². The number of ether oxygens (including phenoxy) is 1. The quantitative estimate of drug-likeness (QED) is 0.909. The van der Waals surface area contributed by atoms with Gasteiger partial charge in [0, 0.05) is 18.2 Å². The summed E-state index contributed by atoms with van der Waals surface area (Å²) in [5.41, 5.74) is 2.35. The first-order valence-electron chi connectivity index (χ1n) is 6.90. The molecule has 0 spiro atoms. The zero-order valence-corrected chi connectivity index (χ0v) is 12.2. The van der Waals surface area contributed by atoms with Crippen molar-refractivity contribution in [3.8, 4) is 5.75 Å².